The van der Waals surface area contributed by atoms with Gasteiger partial charge in [-0.1, -0.05) is 6.07 Å². The number of aliphatic carboxylic acids is 1. The highest BCUT2D eigenvalue weighted by Crippen LogP contribution is 2.16. The van der Waals surface area contributed by atoms with Crippen molar-refractivity contribution in [3.8, 4) is 0 Å². The number of hydrogen-bond acceptors (Lipinski definition) is 10. The number of hydrogen-bond donors (Lipinski definition) is 4. The maximum Gasteiger partial charge on any atom is 0.271 e. The average molecular weight is 416 g/mol. The number of carbonyl (C=O) groups is 3. The minimum absolute atomic E-state index is 0.155. The van der Waals surface area contributed by atoms with Crippen molar-refractivity contribution in [3.63, 3.8) is 0 Å². The molecule has 0 saturated carbocycles. The fraction of sp³-hybridized carbons (Fsp3) is 0.294. The van der Waals surface area contributed by atoms with E-state index in [2.05, 4.69) is 36.2 Å². The van der Waals surface area contributed by atoms with E-state index < -0.39 is 30.2 Å². The van der Waals surface area contributed by atoms with Crippen LogP contribution in [0.2, 0.25) is 0 Å². The maximum absolute atomic E-state index is 12.2. The van der Waals surface area contributed by atoms with Gasteiger partial charge in [0.25, 0.3) is 5.91 Å². The van der Waals surface area contributed by atoms with Crippen LogP contribution in [0, 0.1) is 0 Å². The van der Waals surface area contributed by atoms with E-state index in [1.54, 1.807) is 17.5 Å². The molecule has 29 heavy (non-hydrogen) atoms. The molecule has 4 N–H and O–H groups in total. The molecule has 0 spiro atoms. The summed E-state index contributed by atoms with van der Waals surface area (Å²) in [5.41, 5.74) is 0.678. The first-order valence-corrected chi connectivity index (χ1v) is 9.57. The molecule has 0 fully saturated rings. The number of anilines is 1. The Morgan fingerprint density at radius 3 is 2.90 bits per heavy atom. The third-order valence-electron chi connectivity index (χ3n) is 3.84. The van der Waals surface area contributed by atoms with Gasteiger partial charge in [0.05, 0.1) is 19.1 Å². The summed E-state index contributed by atoms with van der Waals surface area (Å²) in [6.07, 6.45) is 2.58. The zero-order chi connectivity index (χ0) is 20.6. The number of guanidine groups is 1. The van der Waals surface area contributed by atoms with Crippen LogP contribution in [0.15, 0.2) is 34.9 Å². The van der Waals surface area contributed by atoms with Crippen molar-refractivity contribution in [1.29, 1.82) is 0 Å². The number of nitrogens with zero attached hydrogens (tertiary/aromatic N) is 3. The van der Waals surface area contributed by atoms with E-state index in [4.69, 9.17) is 0 Å². The van der Waals surface area contributed by atoms with Gasteiger partial charge in [0, 0.05) is 36.7 Å². The maximum atomic E-state index is 12.2. The second kappa shape index (κ2) is 9.59. The largest absolute Gasteiger partial charge is 0.550 e. The minimum Gasteiger partial charge on any atom is -0.550 e. The Bertz CT molecular complexity index is 916. The van der Waals surface area contributed by atoms with Crippen LogP contribution in [0.5, 0.6) is 0 Å². The van der Waals surface area contributed by atoms with Crippen molar-refractivity contribution in [2.45, 2.75) is 12.5 Å². The lowest BCUT2D eigenvalue weighted by molar-refractivity contribution is -0.306. The summed E-state index contributed by atoms with van der Waals surface area (Å²) in [6.45, 7) is 1.08. The Kier molecular flexibility index (Phi) is 6.68. The molecular formula is C17H18N7O4S-. The van der Waals surface area contributed by atoms with Crippen LogP contribution >= 0.6 is 11.3 Å². The van der Waals surface area contributed by atoms with Crippen molar-refractivity contribution in [3.05, 3.63) is 41.2 Å². The molecule has 152 valence electrons. The highest BCUT2D eigenvalue weighted by Gasteiger charge is 2.17. The molecule has 0 saturated heterocycles. The molecule has 0 aromatic carbocycles. The van der Waals surface area contributed by atoms with Crippen molar-refractivity contribution >= 4 is 40.2 Å². The minimum atomic E-state index is -1.31. The average Bonchev–Trinajstić information content (AvgIpc) is 3.38. The van der Waals surface area contributed by atoms with Crippen LogP contribution in [-0.2, 0) is 9.59 Å². The number of pyridine rings is 1. The molecule has 0 aliphatic carbocycles. The summed E-state index contributed by atoms with van der Waals surface area (Å²) < 4.78 is 0. The first-order valence-electron chi connectivity index (χ1n) is 8.69. The summed E-state index contributed by atoms with van der Waals surface area (Å²) in [5.74, 6) is -1.79. The predicted molar refractivity (Wildman–Crippen MR) is 103 cm³/mol. The lowest BCUT2D eigenvalue weighted by Gasteiger charge is -2.19. The van der Waals surface area contributed by atoms with Crippen molar-refractivity contribution in [1.82, 2.24) is 25.9 Å². The summed E-state index contributed by atoms with van der Waals surface area (Å²) in [4.78, 5) is 47.6. The molecule has 2 aromatic rings. The Balaban J connectivity index is 1.51. The summed E-state index contributed by atoms with van der Waals surface area (Å²) in [5, 5.41) is 24.0. The van der Waals surface area contributed by atoms with Gasteiger partial charge in [0.2, 0.25) is 5.91 Å². The first-order chi connectivity index (χ1) is 14.0. The van der Waals surface area contributed by atoms with Gasteiger partial charge in [0.1, 0.15) is 5.69 Å². The molecule has 2 amide bonds. The van der Waals surface area contributed by atoms with Crippen LogP contribution in [-0.4, -0.2) is 53.3 Å². The predicted octanol–water partition coefficient (Wildman–Crippen LogP) is -1.36. The van der Waals surface area contributed by atoms with E-state index >= 15 is 0 Å². The molecule has 1 aliphatic rings. The second-order valence-electron chi connectivity index (χ2n) is 5.99. The van der Waals surface area contributed by atoms with Crippen LogP contribution in [0.1, 0.15) is 28.5 Å². The van der Waals surface area contributed by atoms with Gasteiger partial charge in [-0.15, -0.1) is 11.3 Å². The lowest BCUT2D eigenvalue weighted by Crippen LogP contribution is -2.40. The molecule has 2 aromatic heterocycles. The number of rotatable bonds is 8. The first kappa shape index (κ1) is 20.2. The number of nitrogens with one attached hydrogen (secondary N) is 4. The number of amides is 2. The van der Waals surface area contributed by atoms with Gasteiger partial charge in [-0.05, 0) is 11.6 Å². The number of carbonyl (C=O) groups excluding carboxylic acids is 3. The zero-order valence-corrected chi connectivity index (χ0v) is 16.0. The van der Waals surface area contributed by atoms with Crippen LogP contribution in [0.4, 0.5) is 5.13 Å². The molecule has 12 heteroatoms. The van der Waals surface area contributed by atoms with Gasteiger partial charge in [-0.3, -0.25) is 19.6 Å². The van der Waals surface area contributed by atoms with Gasteiger partial charge >= 0.3 is 0 Å². The molecule has 1 unspecified atom stereocenters. The Hall–Kier alpha value is -3.54. The van der Waals surface area contributed by atoms with E-state index in [0.29, 0.717) is 23.2 Å². The van der Waals surface area contributed by atoms with Gasteiger partial charge in [0.15, 0.2) is 11.1 Å². The molecular weight excluding hydrogens is 398 g/mol. The molecule has 0 radical (unpaired) electrons. The Labute approximate surface area is 169 Å². The van der Waals surface area contributed by atoms with Crippen molar-refractivity contribution < 1.29 is 19.5 Å². The molecule has 3 heterocycles. The molecule has 1 aliphatic heterocycles. The zero-order valence-electron chi connectivity index (χ0n) is 15.2. The quantitative estimate of drug-likeness (QED) is 0.410. The molecule has 11 nitrogen and oxygen atoms in total. The SMILES string of the molecule is O=C([O-])CC(NC(=O)CNC(=O)c1csc(NC2=NCCN2)n1)c1cccnc1. The summed E-state index contributed by atoms with van der Waals surface area (Å²) >= 11 is 1.23. The van der Waals surface area contributed by atoms with Crippen LogP contribution < -0.4 is 26.4 Å². The number of aliphatic imine (C=N–C) groups is 1. The van der Waals surface area contributed by atoms with Gasteiger partial charge in [-0.2, -0.15) is 0 Å². The fourth-order valence-corrected chi connectivity index (χ4v) is 3.21. The van der Waals surface area contributed by atoms with E-state index in [9.17, 15) is 19.5 Å². The van der Waals surface area contributed by atoms with E-state index in [0.717, 1.165) is 6.54 Å². The number of carboxylic acids is 1. The monoisotopic (exact) mass is 416 g/mol. The summed E-state index contributed by atoms with van der Waals surface area (Å²) in [6, 6.07) is 2.46. The third-order valence-corrected chi connectivity index (χ3v) is 4.60. The van der Waals surface area contributed by atoms with Gasteiger partial charge < -0.3 is 31.2 Å². The third kappa shape index (κ3) is 5.97. The summed E-state index contributed by atoms with van der Waals surface area (Å²) in [7, 11) is 0. The van der Waals surface area contributed by atoms with E-state index in [-0.39, 0.29) is 12.2 Å². The molecule has 0 bridgehead atoms. The highest BCUT2D eigenvalue weighted by molar-refractivity contribution is 7.14. The normalized spacial score (nSPS) is 13.7. The smallest absolute Gasteiger partial charge is 0.271 e. The Morgan fingerprint density at radius 2 is 2.21 bits per heavy atom. The lowest BCUT2D eigenvalue weighted by atomic mass is 10.1. The topological polar surface area (TPSA) is 161 Å². The van der Waals surface area contributed by atoms with Crippen molar-refractivity contribution in [2.75, 3.05) is 25.0 Å². The molecule has 3 rings (SSSR count). The van der Waals surface area contributed by atoms with Crippen LogP contribution in [0.25, 0.3) is 0 Å². The number of aromatic nitrogens is 2. The Morgan fingerprint density at radius 1 is 1.34 bits per heavy atom. The standard InChI is InChI=1S/C17H19N7O4S/c25-13(22-11(6-14(26)27)10-2-1-3-18-7-10)8-21-15(28)12-9-29-17(23-12)24-16-19-4-5-20-16/h1-3,7,9,11H,4-6,8H2,(H,21,28)(H,22,25)(H,26,27)(H2,19,20,23,24)/p-1. The van der Waals surface area contributed by atoms with E-state index in [1.165, 1.54) is 23.7 Å². The fourth-order valence-electron chi connectivity index (χ4n) is 2.52. The number of thiazole rings is 1. The van der Waals surface area contributed by atoms with Gasteiger partial charge in [-0.25, -0.2) is 4.98 Å². The second-order valence-corrected chi connectivity index (χ2v) is 6.84. The molecule has 1 atom stereocenters. The van der Waals surface area contributed by atoms with Crippen molar-refractivity contribution in [2.24, 2.45) is 4.99 Å². The van der Waals surface area contributed by atoms with E-state index in [1.807, 2.05) is 0 Å². The van der Waals surface area contributed by atoms with Crippen LogP contribution in [0.3, 0.4) is 0 Å². The highest BCUT2D eigenvalue weighted by atomic mass is 32.1. The number of carboxylic acid groups (broad SMARTS) is 1.